The highest BCUT2D eigenvalue weighted by Crippen LogP contribution is 2.27. The summed E-state index contributed by atoms with van der Waals surface area (Å²) in [5, 5.41) is 9.46. The lowest BCUT2D eigenvalue weighted by atomic mass is 10.1. The third-order valence-electron chi connectivity index (χ3n) is 7.01. The molecule has 6 rings (SSSR count). The number of hydrogen-bond donors (Lipinski definition) is 1. The van der Waals surface area contributed by atoms with Crippen molar-refractivity contribution in [3.63, 3.8) is 0 Å². The van der Waals surface area contributed by atoms with Crippen molar-refractivity contribution < 1.29 is 23.8 Å². The average molecular weight is 539 g/mol. The maximum Gasteiger partial charge on any atom is 0.335 e. The summed E-state index contributed by atoms with van der Waals surface area (Å²) in [5.74, 6) is -0.277. The van der Waals surface area contributed by atoms with Gasteiger partial charge in [-0.2, -0.15) is 0 Å². The van der Waals surface area contributed by atoms with E-state index in [1.807, 2.05) is 29.7 Å². The highest BCUT2D eigenvalue weighted by atomic mass is 19.1. The number of carboxylic acid groups (broad SMARTS) is 1. The standard InChI is InChI=1S/C31H27FN4O4/c1-19-5-6-21(16-33-19)18-40-30-4-2-3-26(35-30)24-9-7-20(13-25(24)32)14-29-34-27-10-8-22(31(37)38)15-28(27)36(29)17-23-11-12-39-23/h2-10,13,15-16,23H,11-12,14,17-18H2,1H3,(H,37,38)/t23-/m0/s1. The minimum atomic E-state index is -0.996. The van der Waals surface area contributed by atoms with Gasteiger partial charge < -0.3 is 19.1 Å². The molecule has 0 aliphatic carbocycles. The van der Waals surface area contributed by atoms with Gasteiger partial charge in [0.25, 0.3) is 0 Å². The largest absolute Gasteiger partial charge is 0.478 e. The van der Waals surface area contributed by atoms with Crippen LogP contribution in [0.3, 0.4) is 0 Å². The molecular formula is C31H27FN4O4. The van der Waals surface area contributed by atoms with Gasteiger partial charge in [0.15, 0.2) is 0 Å². The van der Waals surface area contributed by atoms with Crippen molar-refractivity contribution in [1.29, 1.82) is 0 Å². The molecule has 3 aromatic heterocycles. The Morgan fingerprint density at radius 1 is 1.10 bits per heavy atom. The third kappa shape index (κ3) is 5.41. The maximum absolute atomic E-state index is 15.4. The van der Waals surface area contributed by atoms with Crippen LogP contribution >= 0.6 is 0 Å². The van der Waals surface area contributed by atoms with Crippen LogP contribution in [0.5, 0.6) is 5.88 Å². The van der Waals surface area contributed by atoms with Crippen molar-refractivity contribution in [2.45, 2.75) is 39.0 Å². The first-order chi connectivity index (χ1) is 19.4. The number of pyridine rings is 2. The smallest absolute Gasteiger partial charge is 0.335 e. The Morgan fingerprint density at radius 2 is 1.95 bits per heavy atom. The SMILES string of the molecule is Cc1ccc(COc2cccc(-c3ccc(Cc4nc5ccc(C(=O)O)cc5n4C[C@@H]4CCO4)cc3F)n2)cn1. The van der Waals surface area contributed by atoms with Crippen molar-refractivity contribution in [2.75, 3.05) is 6.61 Å². The van der Waals surface area contributed by atoms with Crippen molar-refractivity contribution in [1.82, 2.24) is 19.5 Å². The number of nitrogens with zero attached hydrogens (tertiary/aromatic N) is 4. The highest BCUT2D eigenvalue weighted by Gasteiger charge is 2.23. The van der Waals surface area contributed by atoms with Gasteiger partial charge in [0.1, 0.15) is 18.2 Å². The van der Waals surface area contributed by atoms with E-state index in [1.54, 1.807) is 48.7 Å². The van der Waals surface area contributed by atoms with Gasteiger partial charge in [-0.3, -0.25) is 4.98 Å². The fourth-order valence-corrected chi connectivity index (χ4v) is 4.72. The topological polar surface area (TPSA) is 99.4 Å². The number of aromatic carboxylic acids is 1. The third-order valence-corrected chi connectivity index (χ3v) is 7.01. The molecule has 1 aliphatic rings. The molecule has 0 radical (unpaired) electrons. The second-order valence-corrected chi connectivity index (χ2v) is 9.88. The molecule has 2 aromatic carbocycles. The lowest BCUT2D eigenvalue weighted by molar-refractivity contribution is -0.0589. The number of aryl methyl sites for hydroxylation is 1. The number of imidazole rings is 1. The molecule has 1 saturated heterocycles. The molecule has 40 heavy (non-hydrogen) atoms. The van der Waals surface area contributed by atoms with E-state index in [2.05, 4.69) is 9.97 Å². The number of carbonyl (C=O) groups is 1. The van der Waals surface area contributed by atoms with Crippen molar-refractivity contribution in [3.8, 4) is 17.1 Å². The number of aromatic nitrogens is 4. The van der Waals surface area contributed by atoms with Crippen LogP contribution in [-0.4, -0.2) is 43.3 Å². The molecule has 0 spiro atoms. The summed E-state index contributed by atoms with van der Waals surface area (Å²) in [7, 11) is 0. The first-order valence-electron chi connectivity index (χ1n) is 13.1. The van der Waals surface area contributed by atoms with Gasteiger partial charge in [-0.15, -0.1) is 0 Å². The molecule has 0 saturated carbocycles. The number of carboxylic acids is 1. The quantitative estimate of drug-likeness (QED) is 0.261. The second kappa shape index (κ2) is 10.9. The van der Waals surface area contributed by atoms with Crippen LogP contribution in [0.4, 0.5) is 4.39 Å². The van der Waals surface area contributed by atoms with Gasteiger partial charge >= 0.3 is 5.97 Å². The zero-order valence-electron chi connectivity index (χ0n) is 21.9. The predicted octanol–water partition coefficient (Wildman–Crippen LogP) is 5.60. The predicted molar refractivity (Wildman–Crippen MR) is 147 cm³/mol. The minimum Gasteiger partial charge on any atom is -0.478 e. The van der Waals surface area contributed by atoms with E-state index in [0.29, 0.717) is 48.8 Å². The number of rotatable bonds is 9. The Morgan fingerprint density at radius 3 is 2.67 bits per heavy atom. The number of benzene rings is 2. The van der Waals surface area contributed by atoms with Gasteiger partial charge in [0.05, 0.1) is 34.9 Å². The number of fused-ring (bicyclic) bond motifs is 1. The van der Waals surface area contributed by atoms with Crippen LogP contribution in [0, 0.1) is 12.7 Å². The number of halogens is 1. The van der Waals surface area contributed by atoms with Crippen molar-refractivity contribution >= 4 is 17.0 Å². The normalized spacial score (nSPS) is 14.7. The molecular weight excluding hydrogens is 511 g/mol. The summed E-state index contributed by atoms with van der Waals surface area (Å²) >= 11 is 0. The maximum atomic E-state index is 15.4. The summed E-state index contributed by atoms with van der Waals surface area (Å²) in [6.07, 6.45) is 3.11. The van der Waals surface area contributed by atoms with Gasteiger partial charge in [-0.05, 0) is 61.4 Å². The number of ether oxygens (including phenoxy) is 2. The summed E-state index contributed by atoms with van der Waals surface area (Å²) in [6, 6.07) is 19.1. The Hall–Kier alpha value is -4.63. The average Bonchev–Trinajstić information content (AvgIpc) is 3.26. The summed E-state index contributed by atoms with van der Waals surface area (Å²) in [4.78, 5) is 25.1. The molecule has 5 aromatic rings. The lowest BCUT2D eigenvalue weighted by Crippen LogP contribution is -2.31. The fraction of sp³-hybridized carbons (Fsp3) is 0.226. The first kappa shape index (κ1) is 25.6. The van der Waals surface area contributed by atoms with Crippen LogP contribution in [0.2, 0.25) is 0 Å². The minimum absolute atomic E-state index is 0.0478. The van der Waals surface area contributed by atoms with E-state index in [-0.39, 0.29) is 11.7 Å². The molecule has 1 N–H and O–H groups in total. The molecule has 4 heterocycles. The van der Waals surface area contributed by atoms with Crippen molar-refractivity contribution in [3.05, 3.63) is 107 Å². The van der Waals surface area contributed by atoms with Crippen LogP contribution < -0.4 is 4.74 Å². The van der Waals surface area contributed by atoms with Crippen LogP contribution in [0.25, 0.3) is 22.3 Å². The first-order valence-corrected chi connectivity index (χ1v) is 13.1. The van der Waals surface area contributed by atoms with E-state index in [4.69, 9.17) is 14.5 Å². The van der Waals surface area contributed by atoms with E-state index in [1.165, 1.54) is 6.07 Å². The Labute approximate surface area is 230 Å². The van der Waals surface area contributed by atoms with Crippen molar-refractivity contribution in [2.24, 2.45) is 0 Å². The van der Waals surface area contributed by atoms with Gasteiger partial charge in [-0.1, -0.05) is 18.2 Å². The lowest BCUT2D eigenvalue weighted by Gasteiger charge is -2.27. The van der Waals surface area contributed by atoms with E-state index < -0.39 is 11.8 Å². The molecule has 1 aliphatic heterocycles. The molecule has 9 heteroatoms. The number of hydrogen-bond acceptors (Lipinski definition) is 6. The van der Waals surface area contributed by atoms with Crippen LogP contribution in [-0.2, 0) is 24.3 Å². The molecule has 202 valence electrons. The summed E-state index contributed by atoms with van der Waals surface area (Å²) in [6.45, 7) is 3.51. The molecule has 0 unspecified atom stereocenters. The zero-order chi connectivity index (χ0) is 27.6. The van der Waals surface area contributed by atoms with Crippen LogP contribution in [0.1, 0.15) is 39.4 Å². The van der Waals surface area contributed by atoms with Crippen LogP contribution in [0.15, 0.2) is 72.9 Å². The van der Waals surface area contributed by atoms with Gasteiger partial charge in [0.2, 0.25) is 5.88 Å². The van der Waals surface area contributed by atoms with E-state index in [0.717, 1.165) is 34.6 Å². The molecule has 1 atom stereocenters. The van der Waals surface area contributed by atoms with Gasteiger partial charge in [0, 0.05) is 42.1 Å². The monoisotopic (exact) mass is 538 g/mol. The highest BCUT2D eigenvalue weighted by molar-refractivity contribution is 5.92. The fourth-order valence-electron chi connectivity index (χ4n) is 4.72. The summed E-state index contributed by atoms with van der Waals surface area (Å²) < 4.78 is 28.8. The van der Waals surface area contributed by atoms with E-state index >= 15 is 4.39 Å². The Balaban J connectivity index is 1.24. The summed E-state index contributed by atoms with van der Waals surface area (Å²) in [5.41, 5.74) is 5.04. The van der Waals surface area contributed by atoms with Gasteiger partial charge in [-0.25, -0.2) is 19.2 Å². The molecule has 0 bridgehead atoms. The second-order valence-electron chi connectivity index (χ2n) is 9.88. The Bertz CT molecular complexity index is 1700. The molecule has 1 fully saturated rings. The Kier molecular flexibility index (Phi) is 6.96. The van der Waals surface area contributed by atoms with E-state index in [9.17, 15) is 9.90 Å². The zero-order valence-corrected chi connectivity index (χ0v) is 21.9. The molecule has 0 amide bonds. The molecule has 8 nitrogen and oxygen atoms in total.